The van der Waals surface area contributed by atoms with Crippen molar-refractivity contribution >= 4 is 38.8 Å². The fourth-order valence-corrected chi connectivity index (χ4v) is 5.28. The molecule has 0 aliphatic heterocycles. The van der Waals surface area contributed by atoms with Crippen LogP contribution in [0.25, 0.3) is 0 Å². The molecule has 2 aromatic carbocycles. The van der Waals surface area contributed by atoms with Gasteiger partial charge in [-0.3, -0.25) is 0 Å². The molecule has 0 aromatic heterocycles. The topological polar surface area (TPSA) is 20.2 Å². The first-order chi connectivity index (χ1) is 8.88. The molecule has 0 fully saturated rings. The number of hydrogen-bond acceptors (Lipinski definition) is 1. The van der Waals surface area contributed by atoms with E-state index >= 15 is 0 Å². The van der Waals surface area contributed by atoms with Gasteiger partial charge in [0.05, 0.1) is 0 Å². The Hall–Kier alpha value is -0.821. The molecule has 0 aliphatic rings. The van der Waals surface area contributed by atoms with Gasteiger partial charge in [0.15, 0.2) is 0 Å². The summed E-state index contributed by atoms with van der Waals surface area (Å²) in [5, 5.41) is 9.42. The fourth-order valence-electron chi connectivity index (χ4n) is 1.37. The fraction of sp³-hybridized carbons (Fsp3) is 0.0667. The summed E-state index contributed by atoms with van der Waals surface area (Å²) in [6, 6.07) is 20.8. The van der Waals surface area contributed by atoms with Crippen LogP contribution in [-0.4, -0.2) is 41.6 Å². The molecular weight excluding hydrogens is 354 g/mol. The van der Waals surface area contributed by atoms with E-state index in [9.17, 15) is 5.11 Å². The minimum atomic E-state index is 0.170. The van der Waals surface area contributed by atoms with Gasteiger partial charge in [0.25, 0.3) is 0 Å². The van der Waals surface area contributed by atoms with Gasteiger partial charge in [-0.1, -0.05) is 0 Å². The summed E-state index contributed by atoms with van der Waals surface area (Å²) in [5.74, 6) is 0. The van der Waals surface area contributed by atoms with Crippen LogP contribution in [0.15, 0.2) is 70.1 Å². The maximum absolute atomic E-state index is 9.42. The predicted octanol–water partition coefficient (Wildman–Crippen LogP) is 0.880. The van der Waals surface area contributed by atoms with Crippen LogP contribution in [0.3, 0.4) is 0 Å². The molecule has 0 radical (unpaired) electrons. The van der Waals surface area contributed by atoms with E-state index in [2.05, 4.69) is 53.5 Å². The molecule has 0 spiro atoms. The first-order valence-corrected chi connectivity index (χ1v) is 9.19. The molecule has 0 saturated heterocycles. The van der Waals surface area contributed by atoms with Gasteiger partial charge < -0.3 is 0 Å². The number of aliphatic hydroxyl groups excluding tert-OH is 1. The van der Waals surface area contributed by atoms with Gasteiger partial charge in [-0.2, -0.15) is 0 Å². The van der Waals surface area contributed by atoms with Crippen molar-refractivity contribution in [2.24, 2.45) is 0 Å². The first kappa shape index (κ1) is 13.6. The zero-order chi connectivity index (χ0) is 12.6. The molecule has 1 nitrogen and oxygen atoms in total. The quantitative estimate of drug-likeness (QED) is 0.778. The summed E-state index contributed by atoms with van der Waals surface area (Å²) in [5.41, 5.74) is 0. The monoisotopic (exact) mass is 370 g/mol. The number of rotatable bonds is 5. The Morgan fingerprint density at radius 2 is 1.44 bits per heavy atom. The van der Waals surface area contributed by atoms with Crippen LogP contribution in [0.1, 0.15) is 0 Å². The van der Waals surface area contributed by atoms with Crippen molar-refractivity contribution in [1.29, 1.82) is 0 Å². The summed E-state index contributed by atoms with van der Waals surface area (Å²) in [6.45, 7) is 0.170. The second-order valence-corrected chi connectivity index (χ2v) is 8.08. The summed E-state index contributed by atoms with van der Waals surface area (Å²) < 4.78 is 3.83. The molecule has 18 heavy (non-hydrogen) atoms. The van der Waals surface area contributed by atoms with E-state index in [1.807, 2.05) is 12.1 Å². The molecule has 0 aliphatic carbocycles. The zero-order valence-electron chi connectivity index (χ0n) is 9.82. The zero-order valence-corrected chi connectivity index (χ0v) is 13.2. The summed E-state index contributed by atoms with van der Waals surface area (Å²) in [6.07, 6.45) is 0. The standard InChI is InChI=1S/C15H14OSe2/c16-11-15(18-14-9-5-2-6-10-14)12-17-13-7-3-1-4-8-13/h1-10,12,16H,11H2. The third-order valence-corrected chi connectivity index (χ3v) is 7.09. The van der Waals surface area contributed by atoms with Crippen LogP contribution in [-0.2, 0) is 0 Å². The van der Waals surface area contributed by atoms with E-state index in [1.165, 1.54) is 8.92 Å². The average molecular weight is 368 g/mol. The SMILES string of the molecule is OCC(=C[Se]c1ccccc1)[Se]c1ccccc1. The Labute approximate surface area is 120 Å². The second kappa shape index (κ2) is 7.58. The van der Waals surface area contributed by atoms with Gasteiger partial charge in [-0.25, -0.2) is 0 Å². The van der Waals surface area contributed by atoms with Crippen LogP contribution < -0.4 is 8.92 Å². The summed E-state index contributed by atoms with van der Waals surface area (Å²) in [4.78, 5) is 2.22. The van der Waals surface area contributed by atoms with Gasteiger partial charge >= 0.3 is 121 Å². The Morgan fingerprint density at radius 1 is 0.889 bits per heavy atom. The molecule has 0 amide bonds. The van der Waals surface area contributed by atoms with Gasteiger partial charge in [0.1, 0.15) is 0 Å². The van der Waals surface area contributed by atoms with Crippen molar-refractivity contribution in [2.45, 2.75) is 0 Å². The maximum atomic E-state index is 9.42. The van der Waals surface area contributed by atoms with Crippen LogP contribution in [0.4, 0.5) is 0 Å². The van der Waals surface area contributed by atoms with E-state index in [0.29, 0.717) is 15.0 Å². The van der Waals surface area contributed by atoms with Crippen LogP contribution >= 0.6 is 0 Å². The Balaban J connectivity index is 2.00. The summed E-state index contributed by atoms with van der Waals surface area (Å²) >= 11 is 0.558. The van der Waals surface area contributed by atoms with Crippen molar-refractivity contribution in [1.82, 2.24) is 0 Å². The normalized spacial score (nSPS) is 11.5. The Kier molecular flexibility index (Phi) is 5.73. The summed E-state index contributed by atoms with van der Waals surface area (Å²) in [7, 11) is 0. The molecule has 0 saturated carbocycles. The molecule has 2 rings (SSSR count). The molecule has 0 unspecified atom stereocenters. The number of hydrogen-bond donors (Lipinski definition) is 1. The third kappa shape index (κ3) is 4.45. The second-order valence-electron chi connectivity index (χ2n) is 3.59. The first-order valence-electron chi connectivity index (χ1n) is 5.63. The molecule has 0 heterocycles. The molecule has 3 heteroatoms. The van der Waals surface area contributed by atoms with Crippen molar-refractivity contribution in [3.8, 4) is 0 Å². The van der Waals surface area contributed by atoms with Gasteiger partial charge in [-0.05, 0) is 0 Å². The van der Waals surface area contributed by atoms with E-state index in [-0.39, 0.29) is 21.6 Å². The predicted molar refractivity (Wildman–Crippen MR) is 78.8 cm³/mol. The molecule has 0 atom stereocenters. The van der Waals surface area contributed by atoms with Crippen molar-refractivity contribution in [3.05, 3.63) is 70.1 Å². The molecule has 2 aromatic rings. The number of benzene rings is 2. The van der Waals surface area contributed by atoms with Crippen molar-refractivity contribution < 1.29 is 5.11 Å². The van der Waals surface area contributed by atoms with Crippen LogP contribution in [0, 0.1) is 0 Å². The van der Waals surface area contributed by atoms with E-state index < -0.39 is 0 Å². The molecule has 1 N–H and O–H groups in total. The molecular formula is C15H14OSe2. The van der Waals surface area contributed by atoms with Crippen LogP contribution in [0.2, 0.25) is 0 Å². The third-order valence-electron chi connectivity index (χ3n) is 2.22. The molecule has 92 valence electrons. The van der Waals surface area contributed by atoms with Gasteiger partial charge in [0, 0.05) is 0 Å². The van der Waals surface area contributed by atoms with E-state index in [1.54, 1.807) is 0 Å². The minimum absolute atomic E-state index is 0.170. The Bertz CT molecular complexity index is 494. The molecule has 0 bridgehead atoms. The van der Waals surface area contributed by atoms with Crippen LogP contribution in [0.5, 0.6) is 0 Å². The number of aliphatic hydroxyl groups is 1. The van der Waals surface area contributed by atoms with E-state index in [4.69, 9.17) is 0 Å². The van der Waals surface area contributed by atoms with E-state index in [0.717, 1.165) is 4.47 Å². The van der Waals surface area contributed by atoms with Gasteiger partial charge in [0.2, 0.25) is 0 Å². The average Bonchev–Trinajstić information content (AvgIpc) is 2.45. The Morgan fingerprint density at radius 3 is 2.00 bits per heavy atom. The van der Waals surface area contributed by atoms with Gasteiger partial charge in [-0.15, -0.1) is 0 Å². The van der Waals surface area contributed by atoms with Crippen molar-refractivity contribution in [2.75, 3.05) is 6.61 Å². The van der Waals surface area contributed by atoms with Crippen molar-refractivity contribution in [3.63, 3.8) is 0 Å².